The van der Waals surface area contributed by atoms with Gasteiger partial charge in [-0.05, 0) is 30.7 Å². The van der Waals surface area contributed by atoms with E-state index in [4.69, 9.17) is 10.5 Å². The molecule has 2 nitrogen and oxygen atoms in total. The predicted octanol–water partition coefficient (Wildman–Crippen LogP) is 3.46. The van der Waals surface area contributed by atoms with E-state index in [-0.39, 0.29) is 6.10 Å². The van der Waals surface area contributed by atoms with Crippen LogP contribution in [-0.4, -0.2) is 6.54 Å². The molecule has 0 aliphatic rings. The molecular formula is C16H19NO. The van der Waals surface area contributed by atoms with Crippen molar-refractivity contribution in [3.8, 4) is 5.75 Å². The molecule has 94 valence electrons. The molecule has 2 rings (SSSR count). The fourth-order valence-corrected chi connectivity index (χ4v) is 1.95. The first kappa shape index (κ1) is 12.7. The van der Waals surface area contributed by atoms with Crippen LogP contribution in [0.5, 0.6) is 5.75 Å². The summed E-state index contributed by atoms with van der Waals surface area (Å²) >= 11 is 0. The van der Waals surface area contributed by atoms with E-state index in [1.807, 2.05) is 36.4 Å². The maximum Gasteiger partial charge on any atom is 0.125 e. The third kappa shape index (κ3) is 3.11. The average molecular weight is 241 g/mol. The van der Waals surface area contributed by atoms with Crippen LogP contribution in [0.2, 0.25) is 0 Å². The summed E-state index contributed by atoms with van der Waals surface area (Å²) in [6, 6.07) is 18.3. The molecule has 2 heteroatoms. The first-order valence-corrected chi connectivity index (χ1v) is 6.28. The van der Waals surface area contributed by atoms with Crippen molar-refractivity contribution < 1.29 is 4.74 Å². The monoisotopic (exact) mass is 241 g/mol. The Labute approximate surface area is 108 Å². The summed E-state index contributed by atoms with van der Waals surface area (Å²) in [5.41, 5.74) is 8.00. The summed E-state index contributed by atoms with van der Waals surface area (Å²) in [6.45, 7) is 2.67. The summed E-state index contributed by atoms with van der Waals surface area (Å²) in [4.78, 5) is 0. The average Bonchev–Trinajstić information content (AvgIpc) is 2.42. The highest BCUT2D eigenvalue weighted by Crippen LogP contribution is 2.26. The van der Waals surface area contributed by atoms with Crippen LogP contribution in [0.15, 0.2) is 54.6 Å². The first-order valence-electron chi connectivity index (χ1n) is 6.28. The van der Waals surface area contributed by atoms with Crippen molar-refractivity contribution >= 4 is 0 Å². The zero-order valence-corrected chi connectivity index (χ0v) is 10.7. The Morgan fingerprint density at radius 3 is 2.33 bits per heavy atom. The Kier molecular flexibility index (Phi) is 4.37. The maximum absolute atomic E-state index is 6.09. The van der Waals surface area contributed by atoms with Gasteiger partial charge < -0.3 is 10.5 Å². The lowest BCUT2D eigenvalue weighted by Gasteiger charge is -2.20. The molecule has 0 saturated carbocycles. The fraction of sp³-hybridized carbons (Fsp3) is 0.250. The van der Waals surface area contributed by atoms with Gasteiger partial charge in [0, 0.05) is 6.42 Å². The van der Waals surface area contributed by atoms with E-state index in [0.29, 0.717) is 6.54 Å². The highest BCUT2D eigenvalue weighted by atomic mass is 16.5. The third-order valence-electron chi connectivity index (χ3n) is 2.96. The van der Waals surface area contributed by atoms with Gasteiger partial charge in [0.25, 0.3) is 0 Å². The molecule has 2 aromatic rings. The van der Waals surface area contributed by atoms with E-state index in [1.54, 1.807) is 0 Å². The minimum absolute atomic E-state index is 0.0253. The Bertz CT molecular complexity index is 481. The molecule has 0 amide bonds. The molecule has 0 unspecified atom stereocenters. The van der Waals surface area contributed by atoms with E-state index in [0.717, 1.165) is 17.7 Å². The van der Waals surface area contributed by atoms with Crippen LogP contribution in [0.25, 0.3) is 0 Å². The zero-order valence-electron chi connectivity index (χ0n) is 10.7. The highest BCUT2D eigenvalue weighted by molar-refractivity contribution is 5.32. The lowest BCUT2D eigenvalue weighted by Crippen LogP contribution is -2.13. The molecule has 0 aliphatic heterocycles. The predicted molar refractivity (Wildman–Crippen MR) is 74.7 cm³/mol. The summed E-state index contributed by atoms with van der Waals surface area (Å²) in [5.74, 6) is 0.930. The molecule has 18 heavy (non-hydrogen) atoms. The van der Waals surface area contributed by atoms with Gasteiger partial charge in [-0.1, -0.05) is 48.5 Å². The highest BCUT2D eigenvalue weighted by Gasteiger charge is 2.13. The Morgan fingerprint density at radius 1 is 1.00 bits per heavy atom. The van der Waals surface area contributed by atoms with Gasteiger partial charge in [0.15, 0.2) is 0 Å². The van der Waals surface area contributed by atoms with Gasteiger partial charge in [0.1, 0.15) is 11.9 Å². The molecule has 0 saturated heterocycles. The number of nitrogens with two attached hydrogens (primary N) is 1. The van der Waals surface area contributed by atoms with Crippen LogP contribution < -0.4 is 10.5 Å². The van der Waals surface area contributed by atoms with Gasteiger partial charge in [0.2, 0.25) is 0 Å². The number of ether oxygens (including phenoxy) is 1. The number of para-hydroxylation sites is 1. The second-order valence-corrected chi connectivity index (χ2v) is 4.36. The Morgan fingerprint density at radius 2 is 1.67 bits per heavy atom. The van der Waals surface area contributed by atoms with Crippen molar-refractivity contribution in [1.82, 2.24) is 0 Å². The molecule has 0 aliphatic carbocycles. The van der Waals surface area contributed by atoms with E-state index in [2.05, 4.69) is 25.1 Å². The SMILES string of the molecule is Cc1ccccc1O[C@H](CCN)c1ccccc1. The van der Waals surface area contributed by atoms with E-state index in [9.17, 15) is 0 Å². The van der Waals surface area contributed by atoms with Crippen molar-refractivity contribution in [2.45, 2.75) is 19.4 Å². The second-order valence-electron chi connectivity index (χ2n) is 4.36. The van der Waals surface area contributed by atoms with Crippen molar-refractivity contribution in [2.24, 2.45) is 5.73 Å². The minimum atomic E-state index is 0.0253. The molecular weight excluding hydrogens is 222 g/mol. The van der Waals surface area contributed by atoms with Gasteiger partial charge in [0.05, 0.1) is 0 Å². The molecule has 0 aromatic heterocycles. The third-order valence-corrected chi connectivity index (χ3v) is 2.96. The van der Waals surface area contributed by atoms with Crippen LogP contribution in [0, 0.1) is 6.92 Å². The van der Waals surface area contributed by atoms with Crippen LogP contribution in [0.1, 0.15) is 23.7 Å². The lowest BCUT2D eigenvalue weighted by molar-refractivity contribution is 0.196. The summed E-state index contributed by atoms with van der Waals surface area (Å²) in [5, 5.41) is 0. The van der Waals surface area contributed by atoms with Crippen LogP contribution in [0.4, 0.5) is 0 Å². The minimum Gasteiger partial charge on any atom is -0.485 e. The van der Waals surface area contributed by atoms with Crippen LogP contribution in [0.3, 0.4) is 0 Å². The molecule has 0 bridgehead atoms. The number of hydrogen-bond donors (Lipinski definition) is 1. The molecule has 1 atom stereocenters. The van der Waals surface area contributed by atoms with Crippen molar-refractivity contribution in [1.29, 1.82) is 0 Å². The molecule has 2 aromatic carbocycles. The molecule has 0 radical (unpaired) electrons. The number of benzene rings is 2. The molecule has 2 N–H and O–H groups in total. The number of rotatable bonds is 5. The van der Waals surface area contributed by atoms with Crippen molar-refractivity contribution in [2.75, 3.05) is 6.54 Å². The number of aryl methyl sites for hydroxylation is 1. The van der Waals surface area contributed by atoms with Gasteiger partial charge in [-0.15, -0.1) is 0 Å². The molecule has 0 heterocycles. The first-order chi connectivity index (χ1) is 8.81. The molecule has 0 fully saturated rings. The quantitative estimate of drug-likeness (QED) is 0.870. The van der Waals surface area contributed by atoms with E-state index in [1.165, 1.54) is 5.56 Å². The fourth-order valence-electron chi connectivity index (χ4n) is 1.95. The standard InChI is InChI=1S/C16H19NO/c1-13-7-5-6-10-15(13)18-16(11-12-17)14-8-3-2-4-9-14/h2-10,16H,11-12,17H2,1H3/t16-/m1/s1. The maximum atomic E-state index is 6.09. The topological polar surface area (TPSA) is 35.2 Å². The van der Waals surface area contributed by atoms with Crippen molar-refractivity contribution in [3.63, 3.8) is 0 Å². The summed E-state index contributed by atoms with van der Waals surface area (Å²) in [7, 11) is 0. The van der Waals surface area contributed by atoms with E-state index >= 15 is 0 Å². The number of hydrogen-bond acceptors (Lipinski definition) is 2. The van der Waals surface area contributed by atoms with E-state index < -0.39 is 0 Å². The van der Waals surface area contributed by atoms with Crippen LogP contribution in [-0.2, 0) is 0 Å². The normalized spacial score (nSPS) is 12.1. The summed E-state index contributed by atoms with van der Waals surface area (Å²) < 4.78 is 6.09. The lowest BCUT2D eigenvalue weighted by atomic mass is 10.1. The largest absolute Gasteiger partial charge is 0.485 e. The van der Waals surface area contributed by atoms with Crippen molar-refractivity contribution in [3.05, 3.63) is 65.7 Å². The van der Waals surface area contributed by atoms with Gasteiger partial charge in [-0.2, -0.15) is 0 Å². The van der Waals surface area contributed by atoms with Crippen LogP contribution >= 0.6 is 0 Å². The zero-order chi connectivity index (χ0) is 12.8. The Balaban J connectivity index is 2.19. The second kappa shape index (κ2) is 6.22. The van der Waals surface area contributed by atoms with Gasteiger partial charge in [-0.25, -0.2) is 0 Å². The summed E-state index contributed by atoms with van der Waals surface area (Å²) in [6.07, 6.45) is 0.843. The smallest absolute Gasteiger partial charge is 0.125 e. The van der Waals surface area contributed by atoms with Gasteiger partial charge >= 0.3 is 0 Å². The molecule has 0 spiro atoms. The van der Waals surface area contributed by atoms with Gasteiger partial charge in [-0.3, -0.25) is 0 Å². The Hall–Kier alpha value is -1.80.